The molecule has 348 valence electrons. The molecule has 13 atom stereocenters. The van der Waals surface area contributed by atoms with E-state index in [-0.39, 0.29) is 24.1 Å². The fourth-order valence-electron chi connectivity index (χ4n) is 13.4. The van der Waals surface area contributed by atoms with Crippen LogP contribution in [0, 0.1) is 46.3 Å². The lowest BCUT2D eigenvalue weighted by Gasteiger charge is -2.58. The lowest BCUT2D eigenvalue weighted by molar-refractivity contribution is -0.313. The summed E-state index contributed by atoms with van der Waals surface area (Å²) in [7, 11) is 0. The van der Waals surface area contributed by atoms with E-state index >= 15 is 0 Å². The van der Waals surface area contributed by atoms with Gasteiger partial charge >= 0.3 is 5.97 Å². The molecule has 3 unspecified atom stereocenters. The minimum Gasteiger partial charge on any atom is -0.463 e. The third kappa shape index (κ3) is 13.5. The van der Waals surface area contributed by atoms with E-state index in [1.54, 1.807) is 0 Å². The van der Waals surface area contributed by atoms with Crippen LogP contribution in [0.1, 0.15) is 228 Å². The molecule has 4 aliphatic carbocycles. The van der Waals surface area contributed by atoms with Crippen LogP contribution in [-0.4, -0.2) is 64.7 Å². The van der Waals surface area contributed by atoms with Crippen molar-refractivity contribution in [3.8, 4) is 0 Å². The Morgan fingerprint density at radius 2 is 1.35 bits per heavy atom. The molecule has 0 spiro atoms. The normalized spacial score (nSPS) is 35.7. The summed E-state index contributed by atoms with van der Waals surface area (Å²) in [4.78, 5) is 12.6. The molecule has 0 aromatic carbocycles. The summed E-state index contributed by atoms with van der Waals surface area (Å²) in [6.07, 6.45) is 32.0. The first kappa shape index (κ1) is 50.0. The largest absolute Gasteiger partial charge is 0.463 e. The van der Waals surface area contributed by atoms with Gasteiger partial charge in [-0.3, -0.25) is 4.79 Å². The van der Waals surface area contributed by atoms with Crippen LogP contribution in [0.15, 0.2) is 11.6 Å². The zero-order valence-electron chi connectivity index (χ0n) is 39.7. The summed E-state index contributed by atoms with van der Waals surface area (Å²) in [6.45, 7) is 14.5. The summed E-state index contributed by atoms with van der Waals surface area (Å²) in [5.74, 6) is 4.45. The highest BCUT2D eigenvalue weighted by molar-refractivity contribution is 5.69. The molecule has 4 fully saturated rings. The van der Waals surface area contributed by atoms with E-state index in [0.29, 0.717) is 17.8 Å². The maximum atomic E-state index is 12.6. The van der Waals surface area contributed by atoms with Gasteiger partial charge in [-0.2, -0.15) is 0 Å². The Bertz CT molecular complexity index is 1270. The van der Waals surface area contributed by atoms with Crippen LogP contribution in [0.5, 0.6) is 0 Å². The molecular formula is C53H94O7. The number of allylic oxidation sites excluding steroid dienone is 1. The van der Waals surface area contributed by atoms with E-state index in [2.05, 4.69) is 47.6 Å². The number of fused-ring (bicyclic) bond motifs is 5. The van der Waals surface area contributed by atoms with Crippen LogP contribution in [0.25, 0.3) is 0 Å². The first-order chi connectivity index (χ1) is 28.9. The number of hydrogen-bond acceptors (Lipinski definition) is 7. The molecule has 0 radical (unpaired) electrons. The minimum atomic E-state index is -1.44. The van der Waals surface area contributed by atoms with Crippen molar-refractivity contribution < 1.29 is 34.3 Å². The third-order valence-electron chi connectivity index (χ3n) is 17.1. The van der Waals surface area contributed by atoms with Gasteiger partial charge < -0.3 is 29.5 Å². The topological polar surface area (TPSA) is 105 Å². The molecular weight excluding hydrogens is 749 g/mol. The SMILES string of the molecule is CCCCCCCCCCCCCCCCCCCC(=O)OCC1O[C@@H](O[C@H]2CC[C@@]3(C)C(=CC[C@H]4[C@@H]5CC[C@H]([C@H](C)CCCC(C)C)[C@@]5(C)CC[C@@H]43)C2)C(O)C(O)[C@@H]1O. The number of esters is 1. The van der Waals surface area contributed by atoms with Crippen LogP contribution in [0.2, 0.25) is 0 Å². The lowest BCUT2D eigenvalue weighted by Crippen LogP contribution is -2.60. The Morgan fingerprint density at radius 1 is 0.733 bits per heavy atom. The molecule has 1 heterocycles. The van der Waals surface area contributed by atoms with Gasteiger partial charge in [-0.1, -0.05) is 175 Å². The van der Waals surface area contributed by atoms with E-state index in [0.717, 1.165) is 74.5 Å². The monoisotopic (exact) mass is 843 g/mol. The summed E-state index contributed by atoms with van der Waals surface area (Å²) >= 11 is 0. The molecule has 5 aliphatic rings. The molecule has 0 aromatic heterocycles. The maximum Gasteiger partial charge on any atom is 0.305 e. The Morgan fingerprint density at radius 3 is 1.97 bits per heavy atom. The average molecular weight is 843 g/mol. The number of carbonyl (C=O) groups excluding carboxylic acids is 1. The third-order valence-corrected chi connectivity index (χ3v) is 17.1. The molecule has 0 aromatic rings. The predicted octanol–water partition coefficient (Wildman–Crippen LogP) is 12.8. The summed E-state index contributed by atoms with van der Waals surface area (Å²) < 4.78 is 18.0. The highest BCUT2D eigenvalue weighted by atomic mass is 16.7. The maximum absolute atomic E-state index is 12.6. The predicted molar refractivity (Wildman–Crippen MR) is 244 cm³/mol. The van der Waals surface area contributed by atoms with Crippen LogP contribution in [0.3, 0.4) is 0 Å². The molecule has 1 aliphatic heterocycles. The molecule has 7 heteroatoms. The number of rotatable bonds is 27. The van der Waals surface area contributed by atoms with Gasteiger partial charge in [0.05, 0.1) is 6.10 Å². The molecule has 1 saturated heterocycles. The Hall–Kier alpha value is -0.990. The van der Waals surface area contributed by atoms with Crippen molar-refractivity contribution in [1.29, 1.82) is 0 Å². The average Bonchev–Trinajstić information content (AvgIpc) is 3.59. The number of aliphatic hydroxyl groups is 3. The van der Waals surface area contributed by atoms with Gasteiger partial charge in [-0.15, -0.1) is 0 Å². The van der Waals surface area contributed by atoms with Gasteiger partial charge in [0.25, 0.3) is 0 Å². The first-order valence-corrected chi connectivity index (χ1v) is 26.1. The van der Waals surface area contributed by atoms with Gasteiger partial charge in [0.2, 0.25) is 0 Å². The Kier molecular flexibility index (Phi) is 20.8. The van der Waals surface area contributed by atoms with Crippen molar-refractivity contribution >= 4 is 5.97 Å². The van der Waals surface area contributed by atoms with Crippen LogP contribution < -0.4 is 0 Å². The van der Waals surface area contributed by atoms with Crippen molar-refractivity contribution in [2.75, 3.05) is 6.61 Å². The van der Waals surface area contributed by atoms with Crippen LogP contribution in [0.4, 0.5) is 0 Å². The molecule has 3 saturated carbocycles. The van der Waals surface area contributed by atoms with E-state index in [1.807, 2.05) is 0 Å². The van der Waals surface area contributed by atoms with Gasteiger partial charge in [-0.25, -0.2) is 0 Å². The molecule has 0 bridgehead atoms. The van der Waals surface area contributed by atoms with Crippen LogP contribution in [-0.2, 0) is 19.0 Å². The summed E-state index contributed by atoms with van der Waals surface area (Å²) in [5.41, 5.74) is 2.15. The van der Waals surface area contributed by atoms with Crippen molar-refractivity contribution in [2.24, 2.45) is 46.3 Å². The molecule has 3 N–H and O–H groups in total. The zero-order chi connectivity index (χ0) is 43.1. The first-order valence-electron chi connectivity index (χ1n) is 26.1. The molecule has 5 rings (SSSR count). The Balaban J connectivity index is 0.974. The number of hydrogen-bond donors (Lipinski definition) is 3. The number of aliphatic hydroxyl groups excluding tert-OH is 3. The van der Waals surface area contributed by atoms with E-state index in [4.69, 9.17) is 14.2 Å². The standard InChI is InChI=1S/C53H94O7/c1-7-8-9-10-11-12-13-14-15-16-17-18-19-20-21-22-23-27-47(54)58-37-46-48(55)49(56)50(57)51(60-46)59-41-32-34-52(5)40(36-41)28-29-42-44-31-30-43(39(4)26-24-25-38(2)3)53(44,6)35-33-45(42)52/h28,38-39,41-46,48-51,55-57H,7-27,29-37H2,1-6H3/t39-,41+,42+,43-,44+,45+,46?,48-,49?,50?,51-,52+,53-/m1/s1. The van der Waals surface area contributed by atoms with Crippen molar-refractivity contribution in [3.05, 3.63) is 11.6 Å². The number of ether oxygens (including phenoxy) is 3. The van der Waals surface area contributed by atoms with Gasteiger partial charge in [0, 0.05) is 6.42 Å². The van der Waals surface area contributed by atoms with Gasteiger partial charge in [0.1, 0.15) is 31.0 Å². The summed E-state index contributed by atoms with van der Waals surface area (Å²) in [6, 6.07) is 0. The Labute approximate surface area is 368 Å². The van der Waals surface area contributed by atoms with Gasteiger partial charge in [0.15, 0.2) is 6.29 Å². The fraction of sp³-hybridized carbons (Fsp3) is 0.943. The lowest BCUT2D eigenvalue weighted by atomic mass is 9.47. The highest BCUT2D eigenvalue weighted by Crippen LogP contribution is 2.67. The molecule has 7 nitrogen and oxygen atoms in total. The molecule has 0 amide bonds. The second kappa shape index (κ2) is 24.9. The van der Waals surface area contributed by atoms with Crippen LogP contribution >= 0.6 is 0 Å². The van der Waals surface area contributed by atoms with E-state index in [9.17, 15) is 20.1 Å². The second-order valence-corrected chi connectivity index (χ2v) is 21.9. The zero-order valence-corrected chi connectivity index (χ0v) is 39.7. The minimum absolute atomic E-state index is 0.137. The number of carbonyl (C=O) groups is 1. The van der Waals surface area contributed by atoms with E-state index < -0.39 is 30.7 Å². The quantitative estimate of drug-likeness (QED) is 0.0430. The smallest absolute Gasteiger partial charge is 0.305 e. The number of unbranched alkanes of at least 4 members (excludes halogenated alkanes) is 16. The van der Waals surface area contributed by atoms with Gasteiger partial charge in [-0.05, 0) is 104 Å². The van der Waals surface area contributed by atoms with Crippen molar-refractivity contribution in [2.45, 2.75) is 265 Å². The second-order valence-electron chi connectivity index (χ2n) is 21.9. The van der Waals surface area contributed by atoms with Crippen molar-refractivity contribution in [1.82, 2.24) is 0 Å². The van der Waals surface area contributed by atoms with Crippen molar-refractivity contribution in [3.63, 3.8) is 0 Å². The fourth-order valence-corrected chi connectivity index (χ4v) is 13.4. The molecule has 60 heavy (non-hydrogen) atoms. The summed E-state index contributed by atoms with van der Waals surface area (Å²) in [5, 5.41) is 32.5. The van der Waals surface area contributed by atoms with E-state index in [1.165, 1.54) is 140 Å². The highest BCUT2D eigenvalue weighted by Gasteiger charge is 2.59.